The van der Waals surface area contributed by atoms with E-state index in [2.05, 4.69) is 108 Å². The molecule has 0 aliphatic carbocycles. The van der Waals surface area contributed by atoms with Crippen molar-refractivity contribution in [1.82, 2.24) is 4.98 Å². The minimum absolute atomic E-state index is 0.917. The highest BCUT2D eigenvalue weighted by Crippen LogP contribution is 2.38. The van der Waals surface area contributed by atoms with Crippen LogP contribution in [0.4, 0.5) is 0 Å². The summed E-state index contributed by atoms with van der Waals surface area (Å²) in [5.41, 5.74) is 8.86. The number of fused-ring (bicyclic) bond motifs is 6. The van der Waals surface area contributed by atoms with Gasteiger partial charge < -0.3 is 9.40 Å². The quantitative estimate of drug-likeness (QED) is 0.304. The fourth-order valence-electron chi connectivity index (χ4n) is 4.85. The number of hydrogen-bond acceptors (Lipinski definition) is 1. The van der Waals surface area contributed by atoms with Crippen LogP contribution in [-0.4, -0.2) is 4.98 Å². The molecule has 0 aliphatic rings. The maximum Gasteiger partial charge on any atom is 0.143 e. The maximum absolute atomic E-state index is 6.40. The zero-order chi connectivity index (χ0) is 21.1. The Morgan fingerprint density at radius 1 is 0.469 bits per heavy atom. The lowest BCUT2D eigenvalue weighted by Crippen LogP contribution is -1.79. The van der Waals surface area contributed by atoms with E-state index < -0.39 is 0 Å². The Hall–Kier alpha value is -4.30. The normalized spacial score (nSPS) is 11.8. The predicted octanol–water partition coefficient (Wildman–Crippen LogP) is 8.55. The van der Waals surface area contributed by atoms with E-state index in [4.69, 9.17) is 4.42 Å². The predicted molar refractivity (Wildman–Crippen MR) is 134 cm³/mol. The standard InChI is InChI=1S/C30H19NO/c1-2-7-19(8-3-1)20-14-16-29-26(17-20)24-11-6-10-22(30(24)32-29)21-13-15-28-25(18-21)23-9-4-5-12-27(23)31-28/h1-18,31H. The molecule has 7 rings (SSSR count). The molecule has 0 spiro atoms. The van der Waals surface area contributed by atoms with Crippen molar-refractivity contribution in [2.45, 2.75) is 0 Å². The molecule has 0 saturated heterocycles. The molecule has 2 aromatic heterocycles. The van der Waals surface area contributed by atoms with Gasteiger partial charge in [0.2, 0.25) is 0 Å². The van der Waals surface area contributed by atoms with Gasteiger partial charge in [0.15, 0.2) is 0 Å². The first-order chi connectivity index (χ1) is 15.8. The van der Waals surface area contributed by atoms with Crippen LogP contribution >= 0.6 is 0 Å². The molecule has 0 atom stereocenters. The number of rotatable bonds is 2. The van der Waals surface area contributed by atoms with Gasteiger partial charge >= 0.3 is 0 Å². The van der Waals surface area contributed by atoms with Crippen LogP contribution < -0.4 is 0 Å². The van der Waals surface area contributed by atoms with E-state index in [9.17, 15) is 0 Å². The largest absolute Gasteiger partial charge is 0.455 e. The molecule has 0 bridgehead atoms. The molecule has 0 amide bonds. The van der Waals surface area contributed by atoms with Gasteiger partial charge in [-0.1, -0.05) is 78.9 Å². The second-order valence-corrected chi connectivity index (χ2v) is 8.29. The SMILES string of the molecule is c1ccc(-c2ccc3oc4c(-c5ccc6[nH]c7ccccc7c6c5)cccc4c3c2)cc1. The maximum atomic E-state index is 6.40. The van der Waals surface area contributed by atoms with Gasteiger partial charge in [0.05, 0.1) is 0 Å². The number of aromatic nitrogens is 1. The fourth-order valence-corrected chi connectivity index (χ4v) is 4.85. The average Bonchev–Trinajstić information content (AvgIpc) is 3.42. The Kier molecular flexibility index (Phi) is 3.58. The lowest BCUT2D eigenvalue weighted by atomic mass is 9.99. The summed E-state index contributed by atoms with van der Waals surface area (Å²) in [5.74, 6) is 0. The number of aromatic amines is 1. The summed E-state index contributed by atoms with van der Waals surface area (Å²) in [4.78, 5) is 3.51. The first-order valence-corrected chi connectivity index (χ1v) is 10.9. The second-order valence-electron chi connectivity index (χ2n) is 8.29. The molecule has 0 saturated carbocycles. The zero-order valence-electron chi connectivity index (χ0n) is 17.3. The van der Waals surface area contributed by atoms with E-state index in [0.717, 1.165) is 44.1 Å². The van der Waals surface area contributed by atoms with Crippen molar-refractivity contribution < 1.29 is 4.42 Å². The van der Waals surface area contributed by atoms with Crippen LogP contribution in [0.15, 0.2) is 114 Å². The Bertz CT molecular complexity index is 1770. The first-order valence-electron chi connectivity index (χ1n) is 10.9. The topological polar surface area (TPSA) is 28.9 Å². The van der Waals surface area contributed by atoms with E-state index in [-0.39, 0.29) is 0 Å². The van der Waals surface area contributed by atoms with Crippen LogP contribution in [0.25, 0.3) is 66.0 Å². The minimum Gasteiger partial charge on any atom is -0.455 e. The van der Waals surface area contributed by atoms with Gasteiger partial charge in [-0.2, -0.15) is 0 Å². The molecule has 2 heteroatoms. The molecule has 7 aromatic rings. The van der Waals surface area contributed by atoms with E-state index in [1.54, 1.807) is 0 Å². The van der Waals surface area contributed by atoms with Gasteiger partial charge in [0, 0.05) is 38.1 Å². The number of hydrogen-bond donors (Lipinski definition) is 1. The zero-order valence-corrected chi connectivity index (χ0v) is 17.3. The highest BCUT2D eigenvalue weighted by Gasteiger charge is 2.14. The summed E-state index contributed by atoms with van der Waals surface area (Å²) in [5, 5.41) is 4.77. The van der Waals surface area contributed by atoms with Gasteiger partial charge in [-0.3, -0.25) is 0 Å². The summed E-state index contributed by atoms with van der Waals surface area (Å²) in [6.07, 6.45) is 0. The summed E-state index contributed by atoms with van der Waals surface area (Å²) in [7, 11) is 0. The third-order valence-electron chi connectivity index (χ3n) is 6.42. The Balaban J connectivity index is 1.46. The molecule has 2 heterocycles. The van der Waals surface area contributed by atoms with Gasteiger partial charge in [-0.25, -0.2) is 0 Å². The highest BCUT2D eigenvalue weighted by atomic mass is 16.3. The molecule has 32 heavy (non-hydrogen) atoms. The fraction of sp³-hybridized carbons (Fsp3) is 0. The van der Waals surface area contributed by atoms with Crippen LogP contribution in [0, 0.1) is 0 Å². The van der Waals surface area contributed by atoms with Crippen molar-refractivity contribution in [3.63, 3.8) is 0 Å². The Morgan fingerprint density at radius 2 is 1.22 bits per heavy atom. The van der Waals surface area contributed by atoms with Crippen molar-refractivity contribution in [3.05, 3.63) is 109 Å². The van der Waals surface area contributed by atoms with Crippen LogP contribution in [-0.2, 0) is 0 Å². The van der Waals surface area contributed by atoms with Crippen molar-refractivity contribution in [2.75, 3.05) is 0 Å². The van der Waals surface area contributed by atoms with Crippen LogP contribution in [0.3, 0.4) is 0 Å². The van der Waals surface area contributed by atoms with Crippen molar-refractivity contribution in [2.24, 2.45) is 0 Å². The Morgan fingerprint density at radius 3 is 2.16 bits per heavy atom. The smallest absolute Gasteiger partial charge is 0.143 e. The molecule has 5 aromatic carbocycles. The number of nitrogens with one attached hydrogen (secondary N) is 1. The summed E-state index contributed by atoms with van der Waals surface area (Å²) < 4.78 is 6.40. The molecule has 1 N–H and O–H groups in total. The van der Waals surface area contributed by atoms with E-state index in [1.165, 1.54) is 21.9 Å². The second kappa shape index (κ2) is 6.60. The van der Waals surface area contributed by atoms with E-state index >= 15 is 0 Å². The average molecular weight is 409 g/mol. The molecule has 0 fully saturated rings. The number of para-hydroxylation sites is 2. The van der Waals surface area contributed by atoms with E-state index in [1.807, 2.05) is 6.07 Å². The monoisotopic (exact) mass is 409 g/mol. The lowest BCUT2D eigenvalue weighted by Gasteiger charge is -2.04. The van der Waals surface area contributed by atoms with Gasteiger partial charge in [0.1, 0.15) is 11.2 Å². The molecular formula is C30H19NO. The third kappa shape index (κ3) is 2.53. The summed E-state index contributed by atoms with van der Waals surface area (Å²) in [6, 6.07) is 38.4. The summed E-state index contributed by atoms with van der Waals surface area (Å²) in [6.45, 7) is 0. The first kappa shape index (κ1) is 17.4. The highest BCUT2D eigenvalue weighted by molar-refractivity contribution is 6.12. The molecule has 0 unspecified atom stereocenters. The van der Waals surface area contributed by atoms with Crippen molar-refractivity contribution in [3.8, 4) is 22.3 Å². The Labute approximate surface area is 184 Å². The van der Waals surface area contributed by atoms with Crippen molar-refractivity contribution >= 4 is 43.7 Å². The number of H-pyrrole nitrogens is 1. The van der Waals surface area contributed by atoms with Crippen LogP contribution in [0.1, 0.15) is 0 Å². The third-order valence-corrected chi connectivity index (χ3v) is 6.42. The summed E-state index contributed by atoms with van der Waals surface area (Å²) >= 11 is 0. The van der Waals surface area contributed by atoms with Crippen LogP contribution in [0.5, 0.6) is 0 Å². The lowest BCUT2D eigenvalue weighted by molar-refractivity contribution is 0.670. The molecule has 2 nitrogen and oxygen atoms in total. The molecule has 0 radical (unpaired) electrons. The van der Waals surface area contributed by atoms with Gasteiger partial charge in [-0.15, -0.1) is 0 Å². The molecule has 0 aliphatic heterocycles. The van der Waals surface area contributed by atoms with Gasteiger partial charge in [0.25, 0.3) is 0 Å². The molecule has 150 valence electrons. The van der Waals surface area contributed by atoms with Crippen molar-refractivity contribution in [1.29, 1.82) is 0 Å². The van der Waals surface area contributed by atoms with E-state index in [0.29, 0.717) is 0 Å². The minimum atomic E-state index is 0.917. The number of furan rings is 1. The van der Waals surface area contributed by atoms with Crippen LogP contribution in [0.2, 0.25) is 0 Å². The van der Waals surface area contributed by atoms with Gasteiger partial charge in [-0.05, 0) is 47.0 Å². The molecular weight excluding hydrogens is 390 g/mol. The number of benzene rings is 5.